The number of hydrogen-bond donors (Lipinski definition) is 1. The number of aliphatic imine (C=N–C) groups is 1. The number of carbonyl (C=O) groups excluding carboxylic acids is 1. The third-order valence-electron chi connectivity index (χ3n) is 3.84. The highest BCUT2D eigenvalue weighted by molar-refractivity contribution is 9.10. The summed E-state index contributed by atoms with van der Waals surface area (Å²) >= 11 is 9.78. The Labute approximate surface area is 162 Å². The van der Waals surface area contributed by atoms with Gasteiger partial charge in [0.25, 0.3) is 5.91 Å². The first-order valence-corrected chi connectivity index (χ1v) is 8.86. The Balaban J connectivity index is 1.61. The molecule has 1 aliphatic heterocycles. The molecule has 0 spiro atoms. The zero-order chi connectivity index (χ0) is 18.1. The van der Waals surface area contributed by atoms with E-state index in [2.05, 4.69) is 41.2 Å². The van der Waals surface area contributed by atoms with Crippen LogP contribution in [0.4, 0.5) is 11.5 Å². The molecule has 0 unspecified atom stereocenters. The minimum absolute atomic E-state index is 0.240. The van der Waals surface area contributed by atoms with E-state index in [9.17, 15) is 4.79 Å². The molecule has 2 aromatic heterocycles. The van der Waals surface area contributed by atoms with Crippen molar-refractivity contribution < 1.29 is 4.79 Å². The van der Waals surface area contributed by atoms with Crippen molar-refractivity contribution in [2.24, 2.45) is 4.99 Å². The molecule has 3 heterocycles. The molecule has 8 heteroatoms. The molecule has 4 rings (SSSR count). The van der Waals surface area contributed by atoms with Gasteiger partial charge in [0, 0.05) is 51.3 Å². The van der Waals surface area contributed by atoms with Gasteiger partial charge in [-0.05, 0) is 40.2 Å². The van der Waals surface area contributed by atoms with Gasteiger partial charge in [0.15, 0.2) is 5.82 Å². The first-order valence-electron chi connectivity index (χ1n) is 7.69. The Bertz CT molecular complexity index is 1040. The van der Waals surface area contributed by atoms with Gasteiger partial charge in [0.1, 0.15) is 5.69 Å². The predicted octanol–water partition coefficient (Wildman–Crippen LogP) is 4.22. The summed E-state index contributed by atoms with van der Waals surface area (Å²) in [4.78, 5) is 29.0. The summed E-state index contributed by atoms with van der Waals surface area (Å²) in [6.07, 6.45) is 6.73. The van der Waals surface area contributed by atoms with Crippen LogP contribution in [0.1, 0.15) is 21.6 Å². The van der Waals surface area contributed by atoms with Gasteiger partial charge in [-0.15, -0.1) is 0 Å². The van der Waals surface area contributed by atoms with Gasteiger partial charge in [-0.3, -0.25) is 9.78 Å². The fourth-order valence-corrected chi connectivity index (χ4v) is 3.25. The van der Waals surface area contributed by atoms with E-state index in [4.69, 9.17) is 11.6 Å². The van der Waals surface area contributed by atoms with E-state index in [0.717, 1.165) is 21.3 Å². The number of aromatic nitrogens is 3. The van der Waals surface area contributed by atoms with Crippen molar-refractivity contribution in [2.45, 2.75) is 6.42 Å². The lowest BCUT2D eigenvalue weighted by atomic mass is 10.0. The van der Waals surface area contributed by atoms with E-state index in [1.165, 1.54) is 18.6 Å². The number of benzene rings is 1. The third-order valence-corrected chi connectivity index (χ3v) is 4.60. The van der Waals surface area contributed by atoms with E-state index in [-0.39, 0.29) is 11.6 Å². The van der Waals surface area contributed by atoms with Crippen LogP contribution in [0.25, 0.3) is 0 Å². The topological polar surface area (TPSA) is 80.1 Å². The minimum atomic E-state index is -0.339. The van der Waals surface area contributed by atoms with Crippen LogP contribution in [0, 0.1) is 0 Å². The number of pyridine rings is 1. The lowest BCUT2D eigenvalue weighted by Crippen LogP contribution is -2.14. The standard InChI is InChI=1S/C18H11BrClN5O/c19-11-5-10-6-15(25-17(10)23-8-11)13-7-12(1-2-14(13)20)24-18(26)16-9-21-3-4-22-16/h1-5,7-9H,6H2,(H,24,26). The van der Waals surface area contributed by atoms with Crippen molar-refractivity contribution in [3.8, 4) is 0 Å². The summed E-state index contributed by atoms with van der Waals surface area (Å²) in [7, 11) is 0. The molecule has 0 radical (unpaired) electrons. The highest BCUT2D eigenvalue weighted by Crippen LogP contribution is 2.32. The number of rotatable bonds is 3. The molecule has 3 aromatic rings. The molecule has 6 nitrogen and oxygen atoms in total. The Hall–Kier alpha value is -2.64. The van der Waals surface area contributed by atoms with Crippen molar-refractivity contribution in [1.82, 2.24) is 15.0 Å². The van der Waals surface area contributed by atoms with E-state index in [1.54, 1.807) is 24.4 Å². The number of nitrogens with one attached hydrogen (secondary N) is 1. The zero-order valence-corrected chi connectivity index (χ0v) is 15.6. The van der Waals surface area contributed by atoms with Gasteiger partial charge in [-0.2, -0.15) is 0 Å². The normalized spacial score (nSPS) is 12.5. The van der Waals surface area contributed by atoms with Crippen molar-refractivity contribution >= 4 is 50.7 Å². The number of amides is 1. The van der Waals surface area contributed by atoms with Crippen LogP contribution in [-0.2, 0) is 6.42 Å². The zero-order valence-electron chi connectivity index (χ0n) is 13.3. The second-order valence-corrected chi connectivity index (χ2v) is 6.93. The third kappa shape index (κ3) is 3.36. The summed E-state index contributed by atoms with van der Waals surface area (Å²) in [5, 5.41) is 3.36. The maximum absolute atomic E-state index is 12.3. The fraction of sp³-hybridized carbons (Fsp3) is 0.0556. The van der Waals surface area contributed by atoms with Gasteiger partial charge in [-0.1, -0.05) is 11.6 Å². The largest absolute Gasteiger partial charge is 0.321 e. The molecule has 1 amide bonds. The SMILES string of the molecule is O=C(Nc1ccc(Cl)c(C2=Nc3ncc(Br)cc3C2)c1)c1cnccn1. The van der Waals surface area contributed by atoms with Gasteiger partial charge >= 0.3 is 0 Å². The quantitative estimate of drug-likeness (QED) is 0.677. The Morgan fingerprint density at radius 3 is 2.85 bits per heavy atom. The van der Waals surface area contributed by atoms with E-state index in [1.807, 2.05) is 6.07 Å². The molecule has 0 aliphatic carbocycles. The molecule has 0 saturated carbocycles. The molecule has 1 aromatic carbocycles. The number of fused-ring (bicyclic) bond motifs is 1. The van der Waals surface area contributed by atoms with Gasteiger partial charge < -0.3 is 5.32 Å². The predicted molar refractivity (Wildman–Crippen MR) is 103 cm³/mol. The molecule has 26 heavy (non-hydrogen) atoms. The number of anilines is 1. The van der Waals surface area contributed by atoms with E-state index in [0.29, 0.717) is 22.9 Å². The maximum Gasteiger partial charge on any atom is 0.275 e. The van der Waals surface area contributed by atoms with Crippen molar-refractivity contribution in [1.29, 1.82) is 0 Å². The Morgan fingerprint density at radius 2 is 2.04 bits per heavy atom. The maximum atomic E-state index is 12.3. The Kier molecular flexibility index (Phi) is 4.48. The monoisotopic (exact) mass is 427 g/mol. The van der Waals surface area contributed by atoms with Crippen LogP contribution in [0.2, 0.25) is 5.02 Å². The average molecular weight is 429 g/mol. The number of hydrogen-bond acceptors (Lipinski definition) is 5. The first-order chi connectivity index (χ1) is 12.6. The van der Waals surface area contributed by atoms with Crippen LogP contribution in [0.15, 0.2) is 58.5 Å². The molecule has 0 saturated heterocycles. The highest BCUT2D eigenvalue weighted by atomic mass is 79.9. The lowest BCUT2D eigenvalue weighted by Gasteiger charge is -2.09. The lowest BCUT2D eigenvalue weighted by molar-refractivity contribution is 0.102. The number of halogens is 2. The second kappa shape index (κ2) is 6.93. The van der Waals surface area contributed by atoms with E-state index < -0.39 is 0 Å². The van der Waals surface area contributed by atoms with Crippen molar-refractivity contribution in [3.05, 3.63) is 75.4 Å². The van der Waals surface area contributed by atoms with Gasteiger partial charge in [0.2, 0.25) is 0 Å². The minimum Gasteiger partial charge on any atom is -0.321 e. The van der Waals surface area contributed by atoms with E-state index >= 15 is 0 Å². The number of carbonyl (C=O) groups is 1. The molecule has 0 atom stereocenters. The Morgan fingerprint density at radius 1 is 1.15 bits per heavy atom. The molecule has 1 N–H and O–H groups in total. The van der Waals surface area contributed by atoms with Crippen molar-refractivity contribution in [2.75, 3.05) is 5.32 Å². The van der Waals surface area contributed by atoms with Crippen LogP contribution in [-0.4, -0.2) is 26.6 Å². The first kappa shape index (κ1) is 16.8. The number of nitrogens with zero attached hydrogens (tertiary/aromatic N) is 4. The molecular weight excluding hydrogens is 418 g/mol. The van der Waals surface area contributed by atoms with Crippen LogP contribution in [0.3, 0.4) is 0 Å². The summed E-state index contributed by atoms with van der Waals surface area (Å²) in [5.74, 6) is 0.349. The average Bonchev–Trinajstić information content (AvgIpc) is 3.07. The molecular formula is C18H11BrClN5O. The van der Waals surface area contributed by atoms with Crippen LogP contribution in [0.5, 0.6) is 0 Å². The van der Waals surface area contributed by atoms with Crippen molar-refractivity contribution in [3.63, 3.8) is 0 Å². The second-order valence-electron chi connectivity index (χ2n) is 5.61. The summed E-state index contributed by atoms with van der Waals surface area (Å²) in [6.45, 7) is 0. The summed E-state index contributed by atoms with van der Waals surface area (Å²) in [5.41, 5.74) is 3.44. The summed E-state index contributed by atoms with van der Waals surface area (Å²) < 4.78 is 0.906. The smallest absolute Gasteiger partial charge is 0.275 e. The summed E-state index contributed by atoms with van der Waals surface area (Å²) in [6, 6.07) is 7.26. The van der Waals surface area contributed by atoms with Crippen LogP contribution >= 0.6 is 27.5 Å². The highest BCUT2D eigenvalue weighted by Gasteiger charge is 2.20. The molecule has 1 aliphatic rings. The van der Waals surface area contributed by atoms with Gasteiger partial charge in [-0.25, -0.2) is 15.0 Å². The molecule has 0 fully saturated rings. The van der Waals surface area contributed by atoms with Gasteiger partial charge in [0.05, 0.1) is 11.9 Å². The fourth-order valence-electron chi connectivity index (χ4n) is 2.64. The molecule has 128 valence electrons. The molecule has 0 bridgehead atoms. The van der Waals surface area contributed by atoms with Crippen LogP contribution < -0.4 is 5.32 Å².